The third kappa shape index (κ3) is 5.37. The smallest absolute Gasteiger partial charge is 0.224 e. The number of aryl methyl sites for hydroxylation is 1. The number of anilines is 2. The number of para-hydroxylation sites is 1. The Balaban J connectivity index is 0.00000169. The van der Waals surface area contributed by atoms with Crippen LogP contribution >= 0.6 is 24.8 Å². The maximum Gasteiger partial charge on any atom is 0.224 e. The molecule has 2 aromatic carbocycles. The van der Waals surface area contributed by atoms with Gasteiger partial charge in [-0.15, -0.1) is 24.8 Å². The lowest BCUT2D eigenvalue weighted by atomic mass is 10.1. The predicted octanol–water partition coefficient (Wildman–Crippen LogP) is 4.41. The largest absolute Gasteiger partial charge is 0.399 e. The fourth-order valence-electron chi connectivity index (χ4n) is 3.30. The molecule has 0 radical (unpaired) electrons. The van der Waals surface area contributed by atoms with Crippen molar-refractivity contribution in [3.05, 3.63) is 59.2 Å². The second kappa shape index (κ2) is 10.4. The maximum atomic E-state index is 12.3. The minimum atomic E-state index is 0. The number of nitrogens with two attached hydrogens (primary N) is 1. The first-order valence-corrected chi connectivity index (χ1v) is 8.63. The van der Waals surface area contributed by atoms with Gasteiger partial charge in [-0.2, -0.15) is 0 Å². The topological polar surface area (TPSA) is 58.4 Å². The lowest BCUT2D eigenvalue weighted by Gasteiger charge is -2.13. The van der Waals surface area contributed by atoms with Crippen molar-refractivity contribution in [1.29, 1.82) is 0 Å². The number of nitrogens with zero attached hydrogens (tertiary/aromatic N) is 1. The number of rotatable bonds is 6. The number of nitrogen functional groups attached to an aromatic ring is 1. The number of fused-ring (bicyclic) bond motifs is 1. The molecule has 0 spiro atoms. The van der Waals surface area contributed by atoms with Gasteiger partial charge in [-0.1, -0.05) is 37.3 Å². The molecule has 0 atom stereocenters. The van der Waals surface area contributed by atoms with E-state index >= 15 is 0 Å². The van der Waals surface area contributed by atoms with Crippen molar-refractivity contribution in [3.8, 4) is 0 Å². The molecule has 6 heteroatoms. The summed E-state index contributed by atoms with van der Waals surface area (Å²) in [6.07, 6.45) is 2.25. The van der Waals surface area contributed by atoms with Crippen molar-refractivity contribution in [2.24, 2.45) is 0 Å². The van der Waals surface area contributed by atoms with Crippen LogP contribution in [0.1, 0.15) is 36.5 Å². The molecular formula is C20H27Cl2N3O. The van der Waals surface area contributed by atoms with Gasteiger partial charge in [0.15, 0.2) is 0 Å². The molecule has 0 unspecified atom stereocenters. The van der Waals surface area contributed by atoms with Gasteiger partial charge in [-0.25, -0.2) is 0 Å². The molecule has 0 aliphatic carbocycles. The number of amides is 1. The van der Waals surface area contributed by atoms with Gasteiger partial charge in [-0.3, -0.25) is 9.69 Å². The Morgan fingerprint density at radius 3 is 2.62 bits per heavy atom. The zero-order valence-electron chi connectivity index (χ0n) is 15.0. The number of hydrogen-bond donors (Lipinski definition) is 2. The molecule has 1 aliphatic heterocycles. The SMILES string of the molecule is CCCN1Cc2cccc(NC(=O)CCc3ccccc3N)c2C1.Cl.Cl. The minimum absolute atomic E-state index is 0. The number of carbonyl (C=O) groups is 1. The van der Waals surface area contributed by atoms with Crippen molar-refractivity contribution in [1.82, 2.24) is 4.90 Å². The molecule has 1 amide bonds. The van der Waals surface area contributed by atoms with Gasteiger partial charge < -0.3 is 11.1 Å². The fraction of sp³-hybridized carbons (Fsp3) is 0.350. The van der Waals surface area contributed by atoms with E-state index < -0.39 is 0 Å². The van der Waals surface area contributed by atoms with E-state index in [2.05, 4.69) is 23.2 Å². The van der Waals surface area contributed by atoms with E-state index in [4.69, 9.17) is 5.73 Å². The van der Waals surface area contributed by atoms with Crippen molar-refractivity contribution in [2.45, 2.75) is 39.3 Å². The second-order valence-electron chi connectivity index (χ2n) is 6.40. The number of hydrogen-bond acceptors (Lipinski definition) is 3. The van der Waals surface area contributed by atoms with E-state index in [1.54, 1.807) is 0 Å². The van der Waals surface area contributed by atoms with E-state index in [1.807, 2.05) is 36.4 Å². The predicted molar refractivity (Wildman–Crippen MR) is 113 cm³/mol. The van der Waals surface area contributed by atoms with Crippen LogP contribution in [0, 0.1) is 0 Å². The summed E-state index contributed by atoms with van der Waals surface area (Å²) in [6, 6.07) is 13.9. The average Bonchev–Trinajstić information content (AvgIpc) is 2.98. The Morgan fingerprint density at radius 2 is 1.88 bits per heavy atom. The zero-order chi connectivity index (χ0) is 16.9. The van der Waals surface area contributed by atoms with Gasteiger partial charge in [0.25, 0.3) is 0 Å². The molecule has 4 nitrogen and oxygen atoms in total. The average molecular weight is 396 g/mol. The van der Waals surface area contributed by atoms with E-state index in [1.165, 1.54) is 11.1 Å². The summed E-state index contributed by atoms with van der Waals surface area (Å²) in [5.74, 6) is 0.0422. The molecule has 0 saturated carbocycles. The maximum absolute atomic E-state index is 12.3. The molecule has 3 N–H and O–H groups in total. The molecule has 1 heterocycles. The Hall–Kier alpha value is -1.75. The van der Waals surface area contributed by atoms with Crippen LogP contribution in [0.25, 0.3) is 0 Å². The van der Waals surface area contributed by atoms with Gasteiger partial charge in [0.05, 0.1) is 0 Å². The van der Waals surface area contributed by atoms with Crippen LogP contribution in [-0.2, 0) is 24.3 Å². The quantitative estimate of drug-likeness (QED) is 0.712. The van der Waals surface area contributed by atoms with Gasteiger partial charge in [0, 0.05) is 30.9 Å². The van der Waals surface area contributed by atoms with Crippen LogP contribution < -0.4 is 11.1 Å². The van der Waals surface area contributed by atoms with E-state index in [0.29, 0.717) is 12.8 Å². The Morgan fingerprint density at radius 1 is 1.12 bits per heavy atom. The van der Waals surface area contributed by atoms with Gasteiger partial charge in [0.1, 0.15) is 0 Å². The van der Waals surface area contributed by atoms with Crippen LogP contribution in [0.5, 0.6) is 0 Å². The van der Waals surface area contributed by atoms with Gasteiger partial charge >= 0.3 is 0 Å². The molecule has 1 aliphatic rings. The Kier molecular flexibility index (Phi) is 8.93. The summed E-state index contributed by atoms with van der Waals surface area (Å²) in [6.45, 7) is 5.19. The Labute approximate surface area is 168 Å². The minimum Gasteiger partial charge on any atom is -0.399 e. The van der Waals surface area contributed by atoms with Crippen LogP contribution in [0.15, 0.2) is 42.5 Å². The normalized spacial score (nSPS) is 12.7. The van der Waals surface area contributed by atoms with Crippen molar-refractivity contribution >= 4 is 42.1 Å². The lowest BCUT2D eigenvalue weighted by Crippen LogP contribution is -2.17. The lowest BCUT2D eigenvalue weighted by molar-refractivity contribution is -0.116. The summed E-state index contributed by atoms with van der Waals surface area (Å²) in [5.41, 5.74) is 11.3. The van der Waals surface area contributed by atoms with Crippen molar-refractivity contribution in [3.63, 3.8) is 0 Å². The Bertz CT molecular complexity index is 737. The van der Waals surface area contributed by atoms with Gasteiger partial charge in [0.2, 0.25) is 5.91 Å². The molecule has 142 valence electrons. The summed E-state index contributed by atoms with van der Waals surface area (Å²) in [5, 5.41) is 3.09. The van der Waals surface area contributed by atoms with E-state index in [0.717, 1.165) is 43.0 Å². The molecule has 0 fully saturated rings. The van der Waals surface area contributed by atoms with Crippen molar-refractivity contribution < 1.29 is 4.79 Å². The molecular weight excluding hydrogens is 369 g/mol. The number of benzene rings is 2. The highest BCUT2D eigenvalue weighted by Crippen LogP contribution is 2.29. The first kappa shape index (κ1) is 22.3. The summed E-state index contributed by atoms with van der Waals surface area (Å²) in [4.78, 5) is 14.8. The number of carbonyl (C=O) groups excluding carboxylic acids is 1. The molecule has 26 heavy (non-hydrogen) atoms. The summed E-state index contributed by atoms with van der Waals surface area (Å²) in [7, 11) is 0. The number of halogens is 2. The molecule has 0 aromatic heterocycles. The second-order valence-corrected chi connectivity index (χ2v) is 6.40. The van der Waals surface area contributed by atoms with Crippen LogP contribution in [0.2, 0.25) is 0 Å². The van der Waals surface area contributed by atoms with Crippen molar-refractivity contribution in [2.75, 3.05) is 17.6 Å². The highest BCUT2D eigenvalue weighted by Gasteiger charge is 2.21. The molecule has 0 saturated heterocycles. The fourth-order valence-corrected chi connectivity index (χ4v) is 3.30. The van der Waals surface area contributed by atoms with Crippen LogP contribution in [0.4, 0.5) is 11.4 Å². The summed E-state index contributed by atoms with van der Waals surface area (Å²) < 4.78 is 0. The number of nitrogens with one attached hydrogen (secondary N) is 1. The zero-order valence-corrected chi connectivity index (χ0v) is 16.7. The third-order valence-corrected chi connectivity index (χ3v) is 4.54. The molecule has 3 rings (SSSR count). The van der Waals surface area contributed by atoms with E-state index in [-0.39, 0.29) is 30.7 Å². The summed E-state index contributed by atoms with van der Waals surface area (Å²) >= 11 is 0. The van der Waals surface area contributed by atoms with Crippen LogP contribution in [-0.4, -0.2) is 17.4 Å². The molecule has 0 bridgehead atoms. The van der Waals surface area contributed by atoms with Crippen LogP contribution in [0.3, 0.4) is 0 Å². The van der Waals surface area contributed by atoms with Gasteiger partial charge in [-0.05, 0) is 48.2 Å². The monoisotopic (exact) mass is 395 g/mol. The standard InChI is InChI=1S/C20H25N3O.2ClH/c1-2-12-23-13-16-7-5-9-19(17(16)14-23)22-20(24)11-10-15-6-3-4-8-18(15)21;;/h3-9H,2,10-14,21H2,1H3,(H,22,24);2*1H. The highest BCUT2D eigenvalue weighted by atomic mass is 35.5. The highest BCUT2D eigenvalue weighted by molar-refractivity contribution is 5.92. The molecule has 2 aromatic rings. The van der Waals surface area contributed by atoms with E-state index in [9.17, 15) is 4.79 Å². The third-order valence-electron chi connectivity index (χ3n) is 4.54. The first-order valence-electron chi connectivity index (χ1n) is 8.63. The first-order chi connectivity index (χ1) is 11.7.